The van der Waals surface area contributed by atoms with E-state index in [1.54, 1.807) is 0 Å². The summed E-state index contributed by atoms with van der Waals surface area (Å²) in [6.45, 7) is 8.47. The van der Waals surface area contributed by atoms with Crippen molar-refractivity contribution in [1.29, 1.82) is 0 Å². The molecule has 1 heterocycles. The van der Waals surface area contributed by atoms with Gasteiger partial charge in [-0.05, 0) is 38.3 Å². The first kappa shape index (κ1) is 12.0. The van der Waals surface area contributed by atoms with Gasteiger partial charge in [0.2, 0.25) is 0 Å². The van der Waals surface area contributed by atoms with Gasteiger partial charge in [0.25, 0.3) is 0 Å². The maximum Gasteiger partial charge on any atom is 0.131 e. The number of rotatable bonds is 5. The summed E-state index contributed by atoms with van der Waals surface area (Å²) < 4.78 is 0. The second-order valence-corrected chi connectivity index (χ2v) is 3.63. The van der Waals surface area contributed by atoms with Crippen LogP contribution in [0.5, 0.6) is 0 Å². The van der Waals surface area contributed by atoms with Gasteiger partial charge in [0, 0.05) is 25.9 Å². The van der Waals surface area contributed by atoms with E-state index in [1.807, 2.05) is 6.20 Å². The van der Waals surface area contributed by atoms with Crippen molar-refractivity contribution < 1.29 is 5.11 Å². The molecule has 0 saturated heterocycles. The first-order valence-corrected chi connectivity index (χ1v) is 5.54. The zero-order chi connectivity index (χ0) is 11.3. The molecule has 1 aromatic rings. The van der Waals surface area contributed by atoms with E-state index >= 15 is 0 Å². The molecule has 0 spiro atoms. The van der Waals surface area contributed by atoms with E-state index < -0.39 is 0 Å². The predicted octanol–water partition coefficient (Wildman–Crippen LogP) is 1.77. The van der Waals surface area contributed by atoms with Gasteiger partial charge in [-0.3, -0.25) is 0 Å². The number of aliphatic hydroxyl groups excluding tert-OH is 1. The third-order valence-corrected chi connectivity index (χ3v) is 2.57. The molecule has 0 unspecified atom stereocenters. The van der Waals surface area contributed by atoms with Crippen molar-refractivity contribution in [1.82, 2.24) is 4.98 Å². The fourth-order valence-corrected chi connectivity index (χ4v) is 1.75. The van der Waals surface area contributed by atoms with Gasteiger partial charge in [-0.2, -0.15) is 0 Å². The number of hydrogen-bond donors (Lipinski definition) is 1. The van der Waals surface area contributed by atoms with Crippen LogP contribution in [-0.2, 0) is 6.42 Å². The molecule has 3 nitrogen and oxygen atoms in total. The van der Waals surface area contributed by atoms with Gasteiger partial charge in [0.05, 0.1) is 0 Å². The largest absolute Gasteiger partial charge is 0.396 e. The normalized spacial score (nSPS) is 10.4. The first-order chi connectivity index (χ1) is 7.22. The van der Waals surface area contributed by atoms with Crippen LogP contribution in [0.1, 0.15) is 25.0 Å². The SMILES string of the molecule is CCN(CC)c1ncc(CCO)cc1C. The Balaban J connectivity index is 2.91. The van der Waals surface area contributed by atoms with Crippen LogP contribution in [0.2, 0.25) is 0 Å². The Kier molecular flexibility index (Phi) is 4.56. The Hall–Kier alpha value is -1.09. The summed E-state index contributed by atoms with van der Waals surface area (Å²) in [4.78, 5) is 6.69. The molecule has 0 fully saturated rings. The molecule has 0 aliphatic heterocycles. The van der Waals surface area contributed by atoms with Crippen LogP contribution in [-0.4, -0.2) is 29.8 Å². The molecule has 0 amide bonds. The Bertz CT molecular complexity index is 308. The Morgan fingerprint density at radius 2 is 2.00 bits per heavy atom. The zero-order valence-electron chi connectivity index (χ0n) is 9.82. The standard InChI is InChI=1S/C12H20N2O/c1-4-14(5-2)12-10(3)8-11(6-7-15)9-13-12/h8-9,15H,4-7H2,1-3H3. The van der Waals surface area contributed by atoms with Crippen LogP contribution < -0.4 is 4.90 Å². The van der Waals surface area contributed by atoms with Crippen LogP contribution >= 0.6 is 0 Å². The van der Waals surface area contributed by atoms with Crippen LogP contribution in [0.3, 0.4) is 0 Å². The van der Waals surface area contributed by atoms with Crippen molar-refractivity contribution in [3.05, 3.63) is 23.4 Å². The van der Waals surface area contributed by atoms with Gasteiger partial charge < -0.3 is 10.0 Å². The second-order valence-electron chi connectivity index (χ2n) is 3.63. The topological polar surface area (TPSA) is 36.4 Å². The highest BCUT2D eigenvalue weighted by Crippen LogP contribution is 2.17. The fraction of sp³-hybridized carbons (Fsp3) is 0.583. The summed E-state index contributed by atoms with van der Waals surface area (Å²) >= 11 is 0. The fourth-order valence-electron chi connectivity index (χ4n) is 1.75. The molecule has 0 saturated carbocycles. The first-order valence-electron chi connectivity index (χ1n) is 5.54. The molecule has 0 aromatic carbocycles. The summed E-state index contributed by atoms with van der Waals surface area (Å²) in [7, 11) is 0. The molecule has 0 atom stereocenters. The average Bonchev–Trinajstić information content (AvgIpc) is 2.23. The Labute approximate surface area is 91.8 Å². The highest BCUT2D eigenvalue weighted by Gasteiger charge is 2.07. The van der Waals surface area contributed by atoms with E-state index in [4.69, 9.17) is 5.11 Å². The maximum atomic E-state index is 8.84. The molecule has 1 N–H and O–H groups in total. The molecule has 0 aliphatic carbocycles. The predicted molar refractivity (Wildman–Crippen MR) is 63.3 cm³/mol. The van der Waals surface area contributed by atoms with Crippen LogP contribution in [0, 0.1) is 6.92 Å². The number of aliphatic hydroxyl groups is 1. The summed E-state index contributed by atoms with van der Waals surface area (Å²) in [5.41, 5.74) is 2.29. The zero-order valence-corrected chi connectivity index (χ0v) is 9.82. The van der Waals surface area contributed by atoms with E-state index in [0.717, 1.165) is 24.5 Å². The van der Waals surface area contributed by atoms with Crippen LogP contribution in [0.15, 0.2) is 12.3 Å². The molecule has 3 heteroatoms. The van der Waals surface area contributed by atoms with Gasteiger partial charge in [-0.25, -0.2) is 4.98 Å². The van der Waals surface area contributed by atoms with Crippen LogP contribution in [0.4, 0.5) is 5.82 Å². The average molecular weight is 208 g/mol. The van der Waals surface area contributed by atoms with E-state index in [-0.39, 0.29) is 6.61 Å². The van der Waals surface area contributed by atoms with E-state index in [2.05, 4.69) is 36.7 Å². The maximum absolute atomic E-state index is 8.84. The van der Waals surface area contributed by atoms with Gasteiger partial charge >= 0.3 is 0 Å². The lowest BCUT2D eigenvalue weighted by Crippen LogP contribution is -2.24. The lowest BCUT2D eigenvalue weighted by Gasteiger charge is -2.22. The minimum Gasteiger partial charge on any atom is -0.396 e. The van der Waals surface area contributed by atoms with E-state index in [1.165, 1.54) is 5.56 Å². The monoisotopic (exact) mass is 208 g/mol. The van der Waals surface area contributed by atoms with Crippen molar-refractivity contribution in [2.45, 2.75) is 27.2 Å². The number of anilines is 1. The summed E-state index contributed by atoms with van der Waals surface area (Å²) in [6, 6.07) is 2.11. The molecule has 15 heavy (non-hydrogen) atoms. The lowest BCUT2D eigenvalue weighted by molar-refractivity contribution is 0.299. The molecule has 1 rings (SSSR count). The summed E-state index contributed by atoms with van der Waals surface area (Å²) in [6.07, 6.45) is 2.54. The number of aromatic nitrogens is 1. The second kappa shape index (κ2) is 5.71. The number of nitrogens with zero attached hydrogens (tertiary/aromatic N) is 2. The van der Waals surface area contributed by atoms with Gasteiger partial charge in [-0.1, -0.05) is 6.07 Å². The van der Waals surface area contributed by atoms with Crippen molar-refractivity contribution in [3.63, 3.8) is 0 Å². The number of hydrogen-bond acceptors (Lipinski definition) is 3. The van der Waals surface area contributed by atoms with Crippen LogP contribution in [0.25, 0.3) is 0 Å². The highest BCUT2D eigenvalue weighted by molar-refractivity contribution is 5.47. The van der Waals surface area contributed by atoms with Gasteiger partial charge in [0.1, 0.15) is 5.82 Å². The van der Waals surface area contributed by atoms with Gasteiger partial charge in [-0.15, -0.1) is 0 Å². The molecule has 84 valence electrons. The minimum atomic E-state index is 0.186. The molecule has 0 aliphatic rings. The van der Waals surface area contributed by atoms with Gasteiger partial charge in [0.15, 0.2) is 0 Å². The van der Waals surface area contributed by atoms with E-state index in [9.17, 15) is 0 Å². The molecule has 1 aromatic heterocycles. The molecular formula is C12H20N2O. The Morgan fingerprint density at radius 3 is 2.47 bits per heavy atom. The molecule has 0 bridgehead atoms. The van der Waals surface area contributed by atoms with Crippen molar-refractivity contribution in [2.75, 3.05) is 24.6 Å². The van der Waals surface area contributed by atoms with E-state index in [0.29, 0.717) is 6.42 Å². The quantitative estimate of drug-likeness (QED) is 0.801. The third-order valence-electron chi connectivity index (χ3n) is 2.57. The lowest BCUT2D eigenvalue weighted by atomic mass is 10.1. The van der Waals surface area contributed by atoms with Crippen molar-refractivity contribution in [2.24, 2.45) is 0 Å². The number of pyridine rings is 1. The van der Waals surface area contributed by atoms with Crippen molar-refractivity contribution in [3.8, 4) is 0 Å². The smallest absolute Gasteiger partial charge is 0.131 e. The van der Waals surface area contributed by atoms with Crippen molar-refractivity contribution >= 4 is 5.82 Å². The third kappa shape index (κ3) is 2.93. The highest BCUT2D eigenvalue weighted by atomic mass is 16.2. The summed E-state index contributed by atoms with van der Waals surface area (Å²) in [5, 5.41) is 8.84. The Morgan fingerprint density at radius 1 is 1.33 bits per heavy atom. The minimum absolute atomic E-state index is 0.186. The molecular weight excluding hydrogens is 188 g/mol. The molecule has 0 radical (unpaired) electrons. The summed E-state index contributed by atoms with van der Waals surface area (Å²) in [5.74, 6) is 1.06. The number of aryl methyl sites for hydroxylation is 1.